The van der Waals surface area contributed by atoms with Gasteiger partial charge in [0, 0.05) is 59.1 Å². The van der Waals surface area contributed by atoms with Gasteiger partial charge in [-0.2, -0.15) is 0 Å². The van der Waals surface area contributed by atoms with Gasteiger partial charge in [-0.1, -0.05) is 6.07 Å². The number of likely N-dealkylation sites (N-methyl/N-ethyl adjacent to an activating group) is 1. The molecule has 1 atom stereocenters. The lowest BCUT2D eigenvalue weighted by atomic mass is 10.0. The topological polar surface area (TPSA) is 60.9 Å². The number of hydrogen-bond donors (Lipinski definition) is 1. The molecule has 0 spiro atoms. The molecule has 1 unspecified atom stereocenters. The summed E-state index contributed by atoms with van der Waals surface area (Å²) in [7, 11) is 3.74. The number of rotatable bonds is 7. The Morgan fingerprint density at radius 3 is 3.00 bits per heavy atom. The lowest BCUT2D eigenvalue weighted by molar-refractivity contribution is -0.135. The van der Waals surface area contributed by atoms with Gasteiger partial charge in [-0.15, -0.1) is 0 Å². The standard InChI is InChI=1S/C19H31N5O2/c1-22(10-11-26-2)18-6-5-16(12-21-18)14-23-8-3-4-17(15-23)24-9-7-20-13-19(24)25/h5-6,12,17,20H,3-4,7-11,13-15H2,1-2H3. The zero-order valence-corrected chi connectivity index (χ0v) is 16.0. The molecule has 0 radical (unpaired) electrons. The molecule has 1 amide bonds. The van der Waals surface area contributed by atoms with Gasteiger partial charge in [0.1, 0.15) is 5.82 Å². The molecule has 7 heteroatoms. The van der Waals surface area contributed by atoms with Crippen molar-refractivity contribution >= 4 is 11.7 Å². The van der Waals surface area contributed by atoms with Crippen LogP contribution in [0.15, 0.2) is 18.3 Å². The minimum absolute atomic E-state index is 0.244. The van der Waals surface area contributed by atoms with Crippen molar-refractivity contribution in [1.29, 1.82) is 0 Å². The maximum atomic E-state index is 12.2. The van der Waals surface area contributed by atoms with Crippen LogP contribution in [-0.2, 0) is 16.1 Å². The third-order valence-electron chi connectivity index (χ3n) is 5.28. The number of likely N-dealkylation sites (tertiary alicyclic amines) is 1. The van der Waals surface area contributed by atoms with Crippen molar-refractivity contribution in [1.82, 2.24) is 20.1 Å². The molecule has 1 aromatic heterocycles. The van der Waals surface area contributed by atoms with Crippen LogP contribution in [0.1, 0.15) is 18.4 Å². The molecule has 2 fully saturated rings. The van der Waals surface area contributed by atoms with Gasteiger partial charge in [0.2, 0.25) is 5.91 Å². The highest BCUT2D eigenvalue weighted by Crippen LogP contribution is 2.19. The molecule has 2 aliphatic rings. The van der Waals surface area contributed by atoms with Crippen molar-refractivity contribution in [2.45, 2.75) is 25.4 Å². The molecule has 1 N–H and O–H groups in total. The molecule has 2 aliphatic heterocycles. The normalized spacial score (nSPS) is 21.8. The summed E-state index contributed by atoms with van der Waals surface area (Å²) in [5.74, 6) is 1.21. The van der Waals surface area contributed by atoms with Crippen molar-refractivity contribution in [2.75, 3.05) is 64.9 Å². The van der Waals surface area contributed by atoms with Crippen LogP contribution in [0.25, 0.3) is 0 Å². The second-order valence-corrected chi connectivity index (χ2v) is 7.23. The van der Waals surface area contributed by atoms with E-state index in [2.05, 4.69) is 37.1 Å². The third kappa shape index (κ3) is 4.93. The van der Waals surface area contributed by atoms with E-state index in [1.807, 2.05) is 13.2 Å². The SMILES string of the molecule is COCCN(C)c1ccc(CN2CCCC(N3CCNCC3=O)C2)cn1. The monoisotopic (exact) mass is 361 g/mol. The highest BCUT2D eigenvalue weighted by atomic mass is 16.5. The first-order chi connectivity index (χ1) is 12.7. The van der Waals surface area contributed by atoms with Gasteiger partial charge in [0.15, 0.2) is 0 Å². The summed E-state index contributed by atoms with van der Waals surface area (Å²) in [6.07, 6.45) is 4.23. The van der Waals surface area contributed by atoms with E-state index < -0.39 is 0 Å². The van der Waals surface area contributed by atoms with Crippen molar-refractivity contribution in [3.8, 4) is 0 Å². The van der Waals surface area contributed by atoms with Crippen LogP contribution in [0.3, 0.4) is 0 Å². The zero-order valence-electron chi connectivity index (χ0n) is 16.0. The molecule has 1 aromatic rings. The molecular formula is C19H31N5O2. The quantitative estimate of drug-likeness (QED) is 0.766. The smallest absolute Gasteiger partial charge is 0.236 e. The number of aromatic nitrogens is 1. The largest absolute Gasteiger partial charge is 0.383 e. The van der Waals surface area contributed by atoms with Crippen LogP contribution in [0.4, 0.5) is 5.82 Å². The predicted octanol–water partition coefficient (Wildman–Crippen LogP) is 0.560. The maximum Gasteiger partial charge on any atom is 0.236 e. The maximum absolute atomic E-state index is 12.2. The van der Waals surface area contributed by atoms with Gasteiger partial charge in [0.25, 0.3) is 0 Å². The second-order valence-electron chi connectivity index (χ2n) is 7.23. The zero-order chi connectivity index (χ0) is 18.4. The second kappa shape index (κ2) is 9.30. The number of pyridine rings is 1. The van der Waals surface area contributed by atoms with Crippen LogP contribution in [0, 0.1) is 0 Å². The van der Waals surface area contributed by atoms with Crippen LogP contribution in [0.5, 0.6) is 0 Å². The molecule has 26 heavy (non-hydrogen) atoms. The van der Waals surface area contributed by atoms with E-state index >= 15 is 0 Å². The van der Waals surface area contributed by atoms with Crippen molar-refractivity contribution < 1.29 is 9.53 Å². The van der Waals surface area contributed by atoms with Crippen LogP contribution >= 0.6 is 0 Å². The summed E-state index contributed by atoms with van der Waals surface area (Å²) in [5, 5.41) is 3.16. The van der Waals surface area contributed by atoms with Crippen LogP contribution in [-0.4, -0.2) is 86.8 Å². The van der Waals surface area contributed by atoms with E-state index in [1.165, 1.54) is 5.56 Å². The van der Waals surface area contributed by atoms with Gasteiger partial charge in [-0.25, -0.2) is 4.98 Å². The molecular weight excluding hydrogens is 330 g/mol. The van der Waals surface area contributed by atoms with Gasteiger partial charge < -0.3 is 19.9 Å². The van der Waals surface area contributed by atoms with E-state index in [-0.39, 0.29) is 5.91 Å². The molecule has 3 rings (SSSR count). The van der Waals surface area contributed by atoms with Crippen molar-refractivity contribution in [3.05, 3.63) is 23.9 Å². The fourth-order valence-electron chi connectivity index (χ4n) is 3.77. The summed E-state index contributed by atoms with van der Waals surface area (Å²) in [5.41, 5.74) is 1.22. The Balaban J connectivity index is 1.54. The Hall–Kier alpha value is -1.70. The lowest BCUT2D eigenvalue weighted by Crippen LogP contribution is -2.56. The molecule has 144 valence electrons. The first kappa shape index (κ1) is 19.1. The van der Waals surface area contributed by atoms with Gasteiger partial charge >= 0.3 is 0 Å². The highest BCUT2D eigenvalue weighted by molar-refractivity contribution is 5.79. The van der Waals surface area contributed by atoms with Gasteiger partial charge in [-0.05, 0) is 31.0 Å². The summed E-state index contributed by atoms with van der Waals surface area (Å²) in [4.78, 5) is 23.4. The molecule has 0 saturated carbocycles. The number of amides is 1. The van der Waals surface area contributed by atoms with E-state index in [1.54, 1.807) is 7.11 Å². The number of hydrogen-bond acceptors (Lipinski definition) is 6. The average Bonchev–Trinajstić information content (AvgIpc) is 2.67. The third-order valence-corrected chi connectivity index (χ3v) is 5.28. The molecule has 7 nitrogen and oxygen atoms in total. The highest BCUT2D eigenvalue weighted by Gasteiger charge is 2.29. The molecule has 0 aliphatic carbocycles. The van der Waals surface area contributed by atoms with E-state index in [0.29, 0.717) is 19.2 Å². The number of piperidine rings is 1. The fraction of sp³-hybridized carbons (Fsp3) is 0.684. The number of nitrogens with one attached hydrogen (secondary N) is 1. The Bertz CT molecular complexity index is 580. The number of carbonyl (C=O) groups is 1. The summed E-state index contributed by atoms with van der Waals surface area (Å²) < 4.78 is 5.12. The van der Waals surface area contributed by atoms with E-state index in [9.17, 15) is 4.79 Å². The molecule has 2 saturated heterocycles. The molecule has 3 heterocycles. The summed E-state index contributed by atoms with van der Waals surface area (Å²) in [6, 6.07) is 4.59. The van der Waals surface area contributed by atoms with Crippen molar-refractivity contribution in [3.63, 3.8) is 0 Å². The summed E-state index contributed by atoms with van der Waals surface area (Å²) >= 11 is 0. The minimum atomic E-state index is 0.244. The average molecular weight is 361 g/mol. The predicted molar refractivity (Wildman–Crippen MR) is 102 cm³/mol. The van der Waals surface area contributed by atoms with Crippen LogP contribution in [0.2, 0.25) is 0 Å². The van der Waals surface area contributed by atoms with Crippen molar-refractivity contribution in [2.24, 2.45) is 0 Å². The Morgan fingerprint density at radius 1 is 1.38 bits per heavy atom. The molecule has 0 aromatic carbocycles. The van der Waals surface area contributed by atoms with E-state index in [0.717, 1.165) is 57.9 Å². The Kier molecular flexibility index (Phi) is 6.82. The number of carbonyl (C=O) groups excluding carboxylic acids is 1. The molecule has 0 bridgehead atoms. The number of piperazine rings is 1. The number of nitrogens with zero attached hydrogens (tertiary/aromatic N) is 4. The Morgan fingerprint density at radius 2 is 2.27 bits per heavy atom. The summed E-state index contributed by atoms with van der Waals surface area (Å²) in [6.45, 7) is 6.69. The Labute approximate surface area is 156 Å². The first-order valence-electron chi connectivity index (χ1n) is 9.55. The first-order valence-corrected chi connectivity index (χ1v) is 9.55. The minimum Gasteiger partial charge on any atom is -0.383 e. The van der Waals surface area contributed by atoms with Crippen LogP contribution < -0.4 is 10.2 Å². The van der Waals surface area contributed by atoms with E-state index in [4.69, 9.17) is 4.74 Å². The number of ether oxygens (including phenoxy) is 1. The van der Waals surface area contributed by atoms with Gasteiger partial charge in [-0.3, -0.25) is 9.69 Å². The van der Waals surface area contributed by atoms with Gasteiger partial charge in [0.05, 0.1) is 13.2 Å². The fourth-order valence-corrected chi connectivity index (χ4v) is 3.77. The lowest BCUT2D eigenvalue weighted by Gasteiger charge is -2.41. The number of anilines is 1. The number of methoxy groups -OCH3 is 1.